The van der Waals surface area contributed by atoms with Gasteiger partial charge in [-0.15, -0.1) is 0 Å². The number of hydrogen-bond donors (Lipinski definition) is 2. The van der Waals surface area contributed by atoms with E-state index in [9.17, 15) is 4.79 Å². The summed E-state index contributed by atoms with van der Waals surface area (Å²) >= 11 is 7.93. The molecule has 1 aliphatic heterocycles. The van der Waals surface area contributed by atoms with Crippen LogP contribution in [-0.4, -0.2) is 23.5 Å². The molecule has 5 heteroatoms. The van der Waals surface area contributed by atoms with Gasteiger partial charge in [-0.25, -0.2) is 0 Å². The third-order valence-electron chi connectivity index (χ3n) is 3.00. The van der Waals surface area contributed by atoms with Gasteiger partial charge in [-0.1, -0.05) is 18.0 Å². The number of nitrogens with two attached hydrogens (primary N) is 1. The largest absolute Gasteiger partial charge is 0.399 e. The summed E-state index contributed by atoms with van der Waals surface area (Å²) in [7, 11) is 0. The van der Waals surface area contributed by atoms with E-state index >= 15 is 0 Å². The molecule has 1 atom stereocenters. The molecule has 1 heterocycles. The lowest BCUT2D eigenvalue weighted by Gasteiger charge is -2.21. The molecule has 1 amide bonds. The lowest BCUT2D eigenvalue weighted by atomic mass is 10.1. The van der Waals surface area contributed by atoms with Gasteiger partial charge in [0.25, 0.3) is 5.91 Å². The van der Waals surface area contributed by atoms with Crippen molar-refractivity contribution in [2.75, 3.05) is 18.0 Å². The molecule has 1 aliphatic rings. The minimum Gasteiger partial charge on any atom is -0.399 e. The minimum atomic E-state index is -0.140. The highest BCUT2D eigenvalue weighted by Gasteiger charge is 2.16. The van der Waals surface area contributed by atoms with Crippen molar-refractivity contribution in [2.45, 2.75) is 24.5 Å². The molecule has 98 valence electrons. The fourth-order valence-electron chi connectivity index (χ4n) is 1.99. The molecule has 3 nitrogen and oxygen atoms in total. The first kappa shape index (κ1) is 13.6. The molecule has 1 aromatic rings. The Morgan fingerprint density at radius 1 is 1.50 bits per heavy atom. The van der Waals surface area contributed by atoms with Crippen LogP contribution in [0, 0.1) is 0 Å². The Labute approximate surface area is 116 Å². The summed E-state index contributed by atoms with van der Waals surface area (Å²) in [5.74, 6) is 1.05. The smallest absolute Gasteiger partial charge is 0.252 e. The third-order valence-corrected chi connectivity index (χ3v) is 4.73. The molecule has 3 N–H and O–H groups in total. The molecular formula is C13H17ClN2OS. The number of hydrogen-bond acceptors (Lipinski definition) is 3. The van der Waals surface area contributed by atoms with Crippen LogP contribution in [0.5, 0.6) is 0 Å². The number of carbonyl (C=O) groups excluding carboxylic acids is 1. The number of thioether (sulfide) groups is 1. The second-order valence-corrected chi connectivity index (χ2v) is 6.25. The Morgan fingerprint density at radius 2 is 2.33 bits per heavy atom. The predicted octanol–water partition coefficient (Wildman–Crippen LogP) is 2.94. The highest BCUT2D eigenvalue weighted by Crippen LogP contribution is 2.24. The van der Waals surface area contributed by atoms with E-state index in [1.807, 2.05) is 11.8 Å². The van der Waals surface area contributed by atoms with Gasteiger partial charge >= 0.3 is 0 Å². The third kappa shape index (κ3) is 3.56. The van der Waals surface area contributed by atoms with Crippen molar-refractivity contribution in [3.8, 4) is 0 Å². The van der Waals surface area contributed by atoms with Gasteiger partial charge in [-0.2, -0.15) is 11.8 Å². The number of anilines is 1. The van der Waals surface area contributed by atoms with Gasteiger partial charge in [0, 0.05) is 17.5 Å². The number of carbonyl (C=O) groups is 1. The van der Waals surface area contributed by atoms with Gasteiger partial charge in [-0.05, 0) is 36.8 Å². The number of benzene rings is 1. The molecule has 0 aliphatic carbocycles. The topological polar surface area (TPSA) is 55.1 Å². The van der Waals surface area contributed by atoms with Crippen molar-refractivity contribution < 1.29 is 4.79 Å². The second-order valence-electron chi connectivity index (χ2n) is 4.44. The summed E-state index contributed by atoms with van der Waals surface area (Å²) in [5, 5.41) is 3.91. The molecule has 1 aromatic carbocycles. The Bertz CT molecular complexity index is 433. The van der Waals surface area contributed by atoms with Crippen molar-refractivity contribution in [1.29, 1.82) is 0 Å². The molecule has 0 saturated carbocycles. The van der Waals surface area contributed by atoms with Crippen LogP contribution in [0.2, 0.25) is 5.02 Å². The SMILES string of the molecule is Nc1ccc(Cl)c(C(=O)NCC2CCCCS2)c1. The van der Waals surface area contributed by atoms with E-state index in [-0.39, 0.29) is 5.91 Å². The van der Waals surface area contributed by atoms with Crippen LogP contribution in [0.1, 0.15) is 29.6 Å². The lowest BCUT2D eigenvalue weighted by Crippen LogP contribution is -2.32. The first-order valence-corrected chi connectivity index (χ1v) is 7.54. The molecule has 2 rings (SSSR count). The number of rotatable bonds is 3. The molecule has 1 saturated heterocycles. The first-order chi connectivity index (χ1) is 8.66. The Balaban J connectivity index is 1.92. The summed E-state index contributed by atoms with van der Waals surface area (Å²) in [4.78, 5) is 12.0. The average molecular weight is 285 g/mol. The van der Waals surface area contributed by atoms with Crippen molar-refractivity contribution in [3.63, 3.8) is 0 Å². The van der Waals surface area contributed by atoms with Gasteiger partial charge in [-0.3, -0.25) is 4.79 Å². The maximum atomic E-state index is 12.0. The Hall–Kier alpha value is -0.870. The van der Waals surface area contributed by atoms with Gasteiger partial charge < -0.3 is 11.1 Å². The van der Waals surface area contributed by atoms with Crippen LogP contribution in [0.15, 0.2) is 18.2 Å². The summed E-state index contributed by atoms with van der Waals surface area (Å²) in [6, 6.07) is 4.96. The molecule has 0 radical (unpaired) electrons. The number of halogens is 1. The van der Waals surface area contributed by atoms with Crippen LogP contribution >= 0.6 is 23.4 Å². The van der Waals surface area contributed by atoms with E-state index in [4.69, 9.17) is 17.3 Å². The van der Waals surface area contributed by atoms with Crippen molar-refractivity contribution in [1.82, 2.24) is 5.32 Å². The van der Waals surface area contributed by atoms with E-state index < -0.39 is 0 Å². The van der Waals surface area contributed by atoms with Gasteiger partial charge in [0.1, 0.15) is 0 Å². The lowest BCUT2D eigenvalue weighted by molar-refractivity contribution is 0.0953. The molecule has 0 spiro atoms. The van der Waals surface area contributed by atoms with E-state index in [0.29, 0.717) is 28.1 Å². The molecule has 1 fully saturated rings. The fourth-order valence-corrected chi connectivity index (χ4v) is 3.43. The normalized spacial score (nSPS) is 19.5. The zero-order valence-corrected chi connectivity index (χ0v) is 11.7. The van der Waals surface area contributed by atoms with Gasteiger partial charge in [0.2, 0.25) is 0 Å². The van der Waals surface area contributed by atoms with Crippen LogP contribution < -0.4 is 11.1 Å². The fraction of sp³-hybridized carbons (Fsp3) is 0.462. The zero-order chi connectivity index (χ0) is 13.0. The average Bonchev–Trinajstić information content (AvgIpc) is 2.40. The zero-order valence-electron chi connectivity index (χ0n) is 10.1. The van der Waals surface area contributed by atoms with Crippen LogP contribution in [-0.2, 0) is 0 Å². The van der Waals surface area contributed by atoms with Crippen molar-refractivity contribution >= 4 is 35.0 Å². The number of amides is 1. The number of nitrogen functional groups attached to an aromatic ring is 1. The van der Waals surface area contributed by atoms with Gasteiger partial charge in [0.05, 0.1) is 10.6 Å². The summed E-state index contributed by atoms with van der Waals surface area (Å²) in [5.41, 5.74) is 6.67. The van der Waals surface area contributed by atoms with Crippen molar-refractivity contribution in [2.24, 2.45) is 0 Å². The van der Waals surface area contributed by atoms with E-state index in [1.165, 1.54) is 25.0 Å². The van der Waals surface area contributed by atoms with Crippen LogP contribution in [0.4, 0.5) is 5.69 Å². The van der Waals surface area contributed by atoms with E-state index in [1.54, 1.807) is 18.2 Å². The van der Waals surface area contributed by atoms with E-state index in [2.05, 4.69) is 5.32 Å². The van der Waals surface area contributed by atoms with E-state index in [0.717, 1.165) is 0 Å². The quantitative estimate of drug-likeness (QED) is 0.839. The Kier molecular flexibility index (Phi) is 4.78. The predicted molar refractivity (Wildman–Crippen MR) is 78.3 cm³/mol. The molecular weight excluding hydrogens is 268 g/mol. The second kappa shape index (κ2) is 6.34. The number of nitrogens with one attached hydrogen (secondary N) is 1. The molecule has 0 aromatic heterocycles. The summed E-state index contributed by atoms with van der Waals surface area (Å²) in [6.07, 6.45) is 3.72. The highest BCUT2D eigenvalue weighted by molar-refractivity contribution is 7.99. The van der Waals surface area contributed by atoms with Crippen LogP contribution in [0.3, 0.4) is 0 Å². The molecule has 18 heavy (non-hydrogen) atoms. The van der Waals surface area contributed by atoms with Crippen molar-refractivity contribution in [3.05, 3.63) is 28.8 Å². The monoisotopic (exact) mass is 284 g/mol. The molecule has 1 unspecified atom stereocenters. The minimum absolute atomic E-state index is 0.140. The Morgan fingerprint density at radius 3 is 3.06 bits per heavy atom. The molecule has 0 bridgehead atoms. The standard InChI is InChI=1S/C13H17ClN2OS/c14-12-5-4-9(15)7-11(12)13(17)16-8-10-3-1-2-6-18-10/h4-5,7,10H,1-3,6,8,15H2,(H,16,17). The van der Waals surface area contributed by atoms with Gasteiger partial charge in [0.15, 0.2) is 0 Å². The maximum Gasteiger partial charge on any atom is 0.252 e. The first-order valence-electron chi connectivity index (χ1n) is 6.11. The maximum absolute atomic E-state index is 12.0. The highest BCUT2D eigenvalue weighted by atomic mass is 35.5. The summed E-state index contributed by atoms with van der Waals surface area (Å²) < 4.78 is 0. The van der Waals surface area contributed by atoms with Crippen LogP contribution in [0.25, 0.3) is 0 Å². The summed E-state index contributed by atoms with van der Waals surface area (Å²) in [6.45, 7) is 0.703.